The number of carbonyl (C=O) groups excluding carboxylic acids is 2. The van der Waals surface area contributed by atoms with Crippen molar-refractivity contribution in [3.63, 3.8) is 0 Å². The summed E-state index contributed by atoms with van der Waals surface area (Å²) in [5.74, 6) is 1.98. The average Bonchev–Trinajstić information content (AvgIpc) is 3.40. The van der Waals surface area contributed by atoms with Crippen LogP contribution in [0.1, 0.15) is 64.0 Å². The molecule has 196 valence electrons. The summed E-state index contributed by atoms with van der Waals surface area (Å²) < 4.78 is 16.6. The summed E-state index contributed by atoms with van der Waals surface area (Å²) in [6.07, 6.45) is 5.12. The van der Waals surface area contributed by atoms with Crippen molar-refractivity contribution in [3.8, 4) is 17.2 Å². The van der Waals surface area contributed by atoms with E-state index in [1.54, 1.807) is 12.0 Å². The van der Waals surface area contributed by atoms with Gasteiger partial charge in [-0.15, -0.1) is 0 Å². The highest BCUT2D eigenvalue weighted by Gasteiger charge is 2.28. The Morgan fingerprint density at radius 2 is 1.61 bits per heavy atom. The molecule has 0 bridgehead atoms. The molecule has 7 nitrogen and oxygen atoms in total. The van der Waals surface area contributed by atoms with Gasteiger partial charge in [0.15, 0.2) is 11.5 Å². The van der Waals surface area contributed by atoms with Gasteiger partial charge in [0, 0.05) is 19.0 Å². The molecule has 1 aliphatic carbocycles. The molecule has 1 aliphatic rings. The first-order valence-electron chi connectivity index (χ1n) is 13.1. The molecule has 36 heavy (non-hydrogen) atoms. The fourth-order valence-electron chi connectivity index (χ4n) is 4.55. The van der Waals surface area contributed by atoms with Gasteiger partial charge in [-0.05, 0) is 75.4 Å². The molecule has 2 aromatic carbocycles. The number of methoxy groups -OCH3 is 1. The van der Waals surface area contributed by atoms with Crippen LogP contribution < -0.4 is 19.5 Å². The molecule has 1 saturated carbocycles. The lowest BCUT2D eigenvalue weighted by Crippen LogP contribution is -2.49. The lowest BCUT2D eigenvalue weighted by molar-refractivity contribution is -0.140. The largest absolute Gasteiger partial charge is 0.497 e. The van der Waals surface area contributed by atoms with E-state index in [0.717, 1.165) is 42.6 Å². The van der Waals surface area contributed by atoms with E-state index in [1.165, 1.54) is 0 Å². The number of rotatable bonds is 13. The summed E-state index contributed by atoms with van der Waals surface area (Å²) in [4.78, 5) is 28.2. The van der Waals surface area contributed by atoms with Gasteiger partial charge >= 0.3 is 0 Å². The molecule has 0 heterocycles. The maximum Gasteiger partial charge on any atom is 0.242 e. The van der Waals surface area contributed by atoms with Gasteiger partial charge in [-0.2, -0.15) is 0 Å². The van der Waals surface area contributed by atoms with E-state index in [4.69, 9.17) is 14.2 Å². The molecule has 7 heteroatoms. The van der Waals surface area contributed by atoms with Crippen LogP contribution in [-0.4, -0.2) is 49.1 Å². The van der Waals surface area contributed by atoms with Crippen molar-refractivity contribution in [1.82, 2.24) is 10.2 Å². The van der Waals surface area contributed by atoms with Gasteiger partial charge < -0.3 is 24.4 Å². The minimum Gasteiger partial charge on any atom is -0.497 e. The summed E-state index contributed by atoms with van der Waals surface area (Å²) in [7, 11) is 1.62. The molecule has 1 unspecified atom stereocenters. The second-order valence-corrected chi connectivity index (χ2v) is 9.18. The topological polar surface area (TPSA) is 77.1 Å². The summed E-state index contributed by atoms with van der Waals surface area (Å²) in [5, 5.41) is 3.15. The molecule has 0 aromatic heterocycles. The first-order valence-corrected chi connectivity index (χ1v) is 13.1. The number of aryl methyl sites for hydroxylation is 1. The Balaban J connectivity index is 1.72. The van der Waals surface area contributed by atoms with Crippen LogP contribution in [0, 0.1) is 0 Å². The predicted octanol–water partition coefficient (Wildman–Crippen LogP) is 4.90. The molecular weight excluding hydrogens is 456 g/mol. The van der Waals surface area contributed by atoms with E-state index in [0.29, 0.717) is 37.7 Å². The van der Waals surface area contributed by atoms with Gasteiger partial charge in [0.05, 0.1) is 20.3 Å². The maximum absolute atomic E-state index is 13.5. The smallest absolute Gasteiger partial charge is 0.242 e. The van der Waals surface area contributed by atoms with Crippen LogP contribution in [0.2, 0.25) is 0 Å². The van der Waals surface area contributed by atoms with Crippen molar-refractivity contribution >= 4 is 11.8 Å². The van der Waals surface area contributed by atoms with Crippen LogP contribution in [0.4, 0.5) is 0 Å². The third-order valence-electron chi connectivity index (χ3n) is 6.62. The Morgan fingerprint density at radius 3 is 2.25 bits per heavy atom. The van der Waals surface area contributed by atoms with E-state index < -0.39 is 6.04 Å². The zero-order valence-electron chi connectivity index (χ0n) is 22.0. The first-order chi connectivity index (χ1) is 17.4. The van der Waals surface area contributed by atoms with Crippen molar-refractivity contribution < 1.29 is 23.8 Å². The summed E-state index contributed by atoms with van der Waals surface area (Å²) >= 11 is 0. The van der Waals surface area contributed by atoms with Crippen molar-refractivity contribution in [1.29, 1.82) is 0 Å². The van der Waals surface area contributed by atoms with Crippen LogP contribution in [0.5, 0.6) is 17.2 Å². The second kappa shape index (κ2) is 13.8. The lowest BCUT2D eigenvalue weighted by Gasteiger charge is -2.30. The van der Waals surface area contributed by atoms with Gasteiger partial charge in [0.25, 0.3) is 0 Å². The molecule has 2 aromatic rings. The SMILES string of the molecule is CCOc1ccc(CCC(=O)N(Cc2ccc(OC)cc2)C(C)C(=O)NC2CCCC2)cc1OCC. The van der Waals surface area contributed by atoms with Crippen LogP contribution in [0.15, 0.2) is 42.5 Å². The van der Waals surface area contributed by atoms with Gasteiger partial charge in [-0.3, -0.25) is 9.59 Å². The molecule has 1 fully saturated rings. The van der Waals surface area contributed by atoms with Crippen molar-refractivity contribution in [2.45, 2.75) is 77.9 Å². The van der Waals surface area contributed by atoms with Crippen molar-refractivity contribution in [3.05, 3.63) is 53.6 Å². The molecule has 0 spiro atoms. The first kappa shape index (κ1) is 27.4. The van der Waals surface area contributed by atoms with Gasteiger partial charge in [-0.1, -0.05) is 31.0 Å². The summed E-state index contributed by atoms with van der Waals surface area (Å²) in [6.45, 7) is 7.13. The Hall–Kier alpha value is -3.22. The molecule has 1 atom stereocenters. The monoisotopic (exact) mass is 496 g/mol. The minimum atomic E-state index is -0.570. The standard InChI is InChI=1S/C29H40N2O5/c1-5-35-26-17-13-22(19-27(26)36-6-2)14-18-28(32)31(20-23-11-15-25(34-4)16-12-23)21(3)29(33)30-24-9-7-8-10-24/h11-13,15-17,19,21,24H,5-10,14,18,20H2,1-4H3,(H,30,33). The summed E-state index contributed by atoms with van der Waals surface area (Å²) in [6, 6.07) is 13.0. The molecule has 1 N–H and O–H groups in total. The van der Waals surface area contributed by atoms with E-state index in [9.17, 15) is 9.59 Å². The normalized spacial score (nSPS) is 14.2. The molecule has 0 radical (unpaired) electrons. The Bertz CT molecular complexity index is 986. The van der Waals surface area contributed by atoms with Crippen LogP contribution >= 0.6 is 0 Å². The number of hydrogen-bond donors (Lipinski definition) is 1. The fourth-order valence-corrected chi connectivity index (χ4v) is 4.55. The number of amides is 2. The average molecular weight is 497 g/mol. The van der Waals surface area contributed by atoms with Crippen molar-refractivity contribution in [2.75, 3.05) is 20.3 Å². The second-order valence-electron chi connectivity index (χ2n) is 9.18. The van der Waals surface area contributed by atoms with Gasteiger partial charge in [-0.25, -0.2) is 0 Å². The van der Waals surface area contributed by atoms with Crippen molar-refractivity contribution in [2.24, 2.45) is 0 Å². The Morgan fingerprint density at radius 1 is 0.972 bits per heavy atom. The lowest BCUT2D eigenvalue weighted by atomic mass is 10.1. The third-order valence-corrected chi connectivity index (χ3v) is 6.62. The van der Waals surface area contributed by atoms with E-state index in [1.807, 2.05) is 63.2 Å². The third kappa shape index (κ3) is 7.64. The quantitative estimate of drug-likeness (QED) is 0.427. The number of benzene rings is 2. The number of carbonyl (C=O) groups is 2. The van der Waals surface area contributed by atoms with Crippen LogP contribution in [-0.2, 0) is 22.6 Å². The summed E-state index contributed by atoms with van der Waals surface area (Å²) in [5.41, 5.74) is 1.94. The molecule has 3 rings (SSSR count). The Labute approximate surface area is 215 Å². The molecule has 2 amide bonds. The zero-order valence-corrected chi connectivity index (χ0v) is 22.0. The van der Waals surface area contributed by atoms with E-state index >= 15 is 0 Å². The zero-order chi connectivity index (χ0) is 25.9. The minimum absolute atomic E-state index is 0.0632. The van der Waals surface area contributed by atoms with E-state index in [2.05, 4.69) is 5.32 Å². The van der Waals surface area contributed by atoms with E-state index in [-0.39, 0.29) is 24.3 Å². The number of nitrogens with one attached hydrogen (secondary N) is 1. The number of ether oxygens (including phenoxy) is 3. The molecule has 0 aliphatic heterocycles. The van der Waals surface area contributed by atoms with Crippen LogP contribution in [0.3, 0.4) is 0 Å². The number of nitrogens with zero attached hydrogens (tertiary/aromatic N) is 1. The number of hydrogen-bond acceptors (Lipinski definition) is 5. The molecular formula is C29H40N2O5. The highest BCUT2D eigenvalue weighted by molar-refractivity contribution is 5.87. The van der Waals surface area contributed by atoms with Gasteiger partial charge in [0.2, 0.25) is 11.8 Å². The molecule has 0 saturated heterocycles. The highest BCUT2D eigenvalue weighted by Crippen LogP contribution is 2.29. The van der Waals surface area contributed by atoms with Crippen LogP contribution in [0.25, 0.3) is 0 Å². The fraction of sp³-hybridized carbons (Fsp3) is 0.517. The predicted molar refractivity (Wildman–Crippen MR) is 141 cm³/mol. The maximum atomic E-state index is 13.5. The van der Waals surface area contributed by atoms with Gasteiger partial charge in [0.1, 0.15) is 11.8 Å². The highest BCUT2D eigenvalue weighted by atomic mass is 16.5. The Kier molecular flexibility index (Phi) is 10.5.